The Hall–Kier alpha value is -2.38. The monoisotopic (exact) mass is 337 g/mol. The van der Waals surface area contributed by atoms with Gasteiger partial charge in [0, 0.05) is 21.0 Å². The first-order chi connectivity index (χ1) is 10.4. The van der Waals surface area contributed by atoms with Crippen LogP contribution in [-0.2, 0) is 14.4 Å². The van der Waals surface area contributed by atoms with Crippen molar-refractivity contribution in [2.75, 3.05) is 0 Å². The predicted octanol–water partition coefficient (Wildman–Crippen LogP) is 1.02. The molecule has 0 saturated heterocycles. The summed E-state index contributed by atoms with van der Waals surface area (Å²) in [6.45, 7) is 0. The van der Waals surface area contributed by atoms with Gasteiger partial charge in [-0.05, 0) is 12.1 Å². The first kappa shape index (κ1) is 16.0. The molecule has 6 nitrogen and oxygen atoms in total. The average Bonchev–Trinajstić information content (AvgIpc) is 2.79. The molecule has 0 atom stereocenters. The van der Waals surface area contributed by atoms with Gasteiger partial charge in [0.1, 0.15) is 0 Å². The smallest absolute Gasteiger partial charge is 0.249 e. The van der Waals surface area contributed by atoms with Gasteiger partial charge in [-0.1, -0.05) is 29.8 Å². The maximum atomic E-state index is 11.7. The molecule has 5 N–H and O–H groups in total. The highest BCUT2D eigenvalue weighted by Crippen LogP contribution is 2.35. The third-order valence-corrected chi connectivity index (χ3v) is 4.46. The van der Waals surface area contributed by atoms with Crippen molar-refractivity contribution in [2.24, 2.45) is 11.5 Å². The van der Waals surface area contributed by atoms with Gasteiger partial charge in [0.15, 0.2) is 6.04 Å². The van der Waals surface area contributed by atoms with Gasteiger partial charge in [0.25, 0.3) is 0 Å². The maximum absolute atomic E-state index is 11.7. The second kappa shape index (κ2) is 6.59. The number of thiophene rings is 1. The molecular formula is C14H12ClN3O3S. The lowest BCUT2D eigenvalue weighted by Crippen LogP contribution is -2.52. The van der Waals surface area contributed by atoms with E-state index in [1.54, 1.807) is 0 Å². The van der Waals surface area contributed by atoms with Gasteiger partial charge in [0.05, 0.1) is 5.02 Å². The molecule has 8 heteroatoms. The van der Waals surface area contributed by atoms with Crippen molar-refractivity contribution in [3.63, 3.8) is 0 Å². The lowest BCUT2D eigenvalue weighted by atomic mass is 10.2. The van der Waals surface area contributed by atoms with Crippen LogP contribution in [0.2, 0.25) is 5.02 Å². The van der Waals surface area contributed by atoms with Crippen LogP contribution in [0, 0.1) is 0 Å². The zero-order valence-electron chi connectivity index (χ0n) is 11.2. The fourth-order valence-electron chi connectivity index (χ4n) is 1.76. The molecule has 0 fully saturated rings. The number of amides is 3. The van der Waals surface area contributed by atoms with Crippen molar-refractivity contribution >= 4 is 56.8 Å². The molecule has 1 heterocycles. The number of primary amides is 2. The van der Waals surface area contributed by atoms with Crippen LogP contribution in [0.5, 0.6) is 0 Å². The molecule has 1 aromatic carbocycles. The van der Waals surface area contributed by atoms with E-state index in [0.717, 1.165) is 16.2 Å². The van der Waals surface area contributed by atoms with Gasteiger partial charge in [0.2, 0.25) is 17.7 Å². The van der Waals surface area contributed by atoms with E-state index in [2.05, 4.69) is 5.32 Å². The molecule has 0 aliphatic rings. The van der Waals surface area contributed by atoms with E-state index in [9.17, 15) is 14.4 Å². The topological polar surface area (TPSA) is 115 Å². The Morgan fingerprint density at radius 1 is 1.18 bits per heavy atom. The molecule has 0 aliphatic carbocycles. The number of fused-ring (bicyclic) bond motifs is 1. The number of hydrogen-bond donors (Lipinski definition) is 3. The molecule has 2 aromatic rings. The second-order valence-electron chi connectivity index (χ2n) is 4.36. The Bertz CT molecular complexity index is 771. The van der Waals surface area contributed by atoms with Gasteiger partial charge >= 0.3 is 0 Å². The van der Waals surface area contributed by atoms with Crippen LogP contribution in [-0.4, -0.2) is 23.8 Å². The number of halogens is 1. The van der Waals surface area contributed by atoms with E-state index in [1.807, 2.05) is 24.3 Å². The van der Waals surface area contributed by atoms with Crippen LogP contribution in [0.3, 0.4) is 0 Å². The number of carbonyl (C=O) groups excluding carboxylic acids is 3. The zero-order valence-corrected chi connectivity index (χ0v) is 12.8. The molecule has 22 heavy (non-hydrogen) atoms. The molecule has 3 amide bonds. The fourth-order valence-corrected chi connectivity index (χ4v) is 3.16. The highest BCUT2D eigenvalue weighted by Gasteiger charge is 2.22. The molecule has 0 radical (unpaired) electrons. The quantitative estimate of drug-likeness (QED) is 0.558. The van der Waals surface area contributed by atoms with Crippen LogP contribution in [0.1, 0.15) is 4.88 Å². The van der Waals surface area contributed by atoms with Crippen molar-refractivity contribution < 1.29 is 14.4 Å². The molecule has 0 bridgehead atoms. The Morgan fingerprint density at radius 3 is 2.41 bits per heavy atom. The number of hydrogen-bond acceptors (Lipinski definition) is 4. The van der Waals surface area contributed by atoms with Crippen molar-refractivity contribution in [1.29, 1.82) is 0 Å². The molecule has 114 valence electrons. The van der Waals surface area contributed by atoms with Crippen molar-refractivity contribution in [3.8, 4) is 0 Å². The second-order valence-corrected chi connectivity index (χ2v) is 5.82. The summed E-state index contributed by atoms with van der Waals surface area (Å²) < 4.78 is 0.986. The summed E-state index contributed by atoms with van der Waals surface area (Å²) in [6, 6.07) is 6.00. The first-order valence-corrected chi connectivity index (χ1v) is 7.34. The van der Waals surface area contributed by atoms with Crippen LogP contribution in [0.15, 0.2) is 30.3 Å². The third-order valence-electron chi connectivity index (χ3n) is 2.80. The van der Waals surface area contributed by atoms with Crippen molar-refractivity contribution in [1.82, 2.24) is 5.32 Å². The average molecular weight is 338 g/mol. The Morgan fingerprint density at radius 2 is 1.82 bits per heavy atom. The molecule has 0 saturated carbocycles. The molecule has 0 unspecified atom stereocenters. The summed E-state index contributed by atoms with van der Waals surface area (Å²) in [7, 11) is 0. The standard InChI is InChI=1S/C14H12ClN3O3S/c15-11-7-3-1-2-4-8(7)22-9(11)5-6-10(19)18-12(13(16)20)14(17)21/h1-6,12H,(H2,16,20)(H2,17,21)(H,18,19)/b6-5+. The SMILES string of the molecule is NC(=O)C(NC(=O)/C=C/c1sc2ccccc2c1Cl)C(N)=O. The predicted molar refractivity (Wildman–Crippen MR) is 86.2 cm³/mol. The number of carbonyl (C=O) groups is 3. The number of benzene rings is 1. The highest BCUT2D eigenvalue weighted by atomic mass is 35.5. The summed E-state index contributed by atoms with van der Waals surface area (Å²) >= 11 is 7.64. The van der Waals surface area contributed by atoms with E-state index in [4.69, 9.17) is 23.1 Å². The summed E-state index contributed by atoms with van der Waals surface area (Å²) in [5, 5.41) is 3.55. The van der Waals surface area contributed by atoms with Gasteiger partial charge in [-0.2, -0.15) is 0 Å². The minimum Gasteiger partial charge on any atom is -0.367 e. The van der Waals surface area contributed by atoms with E-state index in [-0.39, 0.29) is 0 Å². The number of nitrogens with two attached hydrogens (primary N) is 2. The van der Waals surface area contributed by atoms with Crippen LogP contribution in [0.25, 0.3) is 16.2 Å². The lowest BCUT2D eigenvalue weighted by molar-refractivity contribution is -0.132. The molecular weight excluding hydrogens is 326 g/mol. The molecule has 0 aliphatic heterocycles. The zero-order chi connectivity index (χ0) is 16.3. The molecule has 1 aromatic heterocycles. The number of nitrogens with one attached hydrogen (secondary N) is 1. The molecule has 0 spiro atoms. The Balaban J connectivity index is 2.16. The maximum Gasteiger partial charge on any atom is 0.249 e. The lowest BCUT2D eigenvalue weighted by Gasteiger charge is -2.09. The largest absolute Gasteiger partial charge is 0.367 e. The number of rotatable bonds is 5. The van der Waals surface area contributed by atoms with Crippen LogP contribution < -0.4 is 16.8 Å². The summed E-state index contributed by atoms with van der Waals surface area (Å²) in [6.07, 6.45) is 2.66. The fraction of sp³-hybridized carbons (Fsp3) is 0.0714. The Kier molecular flexibility index (Phi) is 4.79. The highest BCUT2D eigenvalue weighted by molar-refractivity contribution is 7.20. The van der Waals surface area contributed by atoms with E-state index in [1.165, 1.54) is 17.4 Å². The van der Waals surface area contributed by atoms with Gasteiger partial charge in [-0.15, -0.1) is 11.3 Å². The minimum absolute atomic E-state index is 0.533. The summed E-state index contributed by atoms with van der Waals surface area (Å²) in [5.74, 6) is -2.71. The van der Waals surface area contributed by atoms with Crippen molar-refractivity contribution in [3.05, 3.63) is 40.2 Å². The summed E-state index contributed by atoms with van der Waals surface area (Å²) in [4.78, 5) is 34.4. The van der Waals surface area contributed by atoms with E-state index >= 15 is 0 Å². The van der Waals surface area contributed by atoms with Crippen LogP contribution in [0.4, 0.5) is 0 Å². The van der Waals surface area contributed by atoms with Gasteiger partial charge in [-0.25, -0.2) is 0 Å². The first-order valence-electron chi connectivity index (χ1n) is 6.14. The third kappa shape index (κ3) is 3.44. The van der Waals surface area contributed by atoms with Crippen molar-refractivity contribution in [2.45, 2.75) is 6.04 Å². The van der Waals surface area contributed by atoms with Gasteiger partial charge < -0.3 is 16.8 Å². The Labute approximate surface area is 134 Å². The normalized spacial score (nSPS) is 11.2. The molecule has 2 rings (SSSR count). The summed E-state index contributed by atoms with van der Waals surface area (Å²) in [5.41, 5.74) is 9.94. The van der Waals surface area contributed by atoms with E-state index < -0.39 is 23.8 Å². The van der Waals surface area contributed by atoms with Crippen LogP contribution >= 0.6 is 22.9 Å². The van der Waals surface area contributed by atoms with E-state index in [0.29, 0.717) is 9.90 Å². The van der Waals surface area contributed by atoms with Gasteiger partial charge in [-0.3, -0.25) is 14.4 Å². The minimum atomic E-state index is -1.55.